The van der Waals surface area contributed by atoms with E-state index in [2.05, 4.69) is 6.07 Å². The van der Waals surface area contributed by atoms with E-state index in [0.717, 1.165) is 16.9 Å². The molecule has 24 heavy (non-hydrogen) atoms. The van der Waals surface area contributed by atoms with Gasteiger partial charge in [0.15, 0.2) is 11.5 Å². The Morgan fingerprint density at radius 3 is 2.54 bits per heavy atom. The number of ether oxygens (including phenoxy) is 3. The van der Waals surface area contributed by atoms with Crippen LogP contribution in [0.3, 0.4) is 0 Å². The molecule has 0 fully saturated rings. The van der Waals surface area contributed by atoms with Crippen molar-refractivity contribution in [1.82, 2.24) is 4.90 Å². The number of benzene rings is 2. The van der Waals surface area contributed by atoms with Gasteiger partial charge in [0.05, 0.1) is 6.54 Å². The summed E-state index contributed by atoms with van der Waals surface area (Å²) >= 11 is 0. The van der Waals surface area contributed by atoms with Crippen molar-refractivity contribution in [3.63, 3.8) is 0 Å². The number of fused-ring (bicyclic) bond motifs is 1. The van der Waals surface area contributed by atoms with E-state index < -0.39 is 0 Å². The molecular weight excluding hydrogens is 306 g/mol. The minimum atomic E-state index is -0.0719. The van der Waals surface area contributed by atoms with Gasteiger partial charge < -0.3 is 19.1 Å². The number of carbonyl (C=O) groups is 1. The van der Waals surface area contributed by atoms with Gasteiger partial charge in [-0.25, -0.2) is 0 Å². The highest BCUT2D eigenvalue weighted by Gasteiger charge is 2.18. The molecule has 1 aliphatic heterocycles. The summed E-state index contributed by atoms with van der Waals surface area (Å²) in [5.74, 6) is 2.04. The van der Waals surface area contributed by atoms with Gasteiger partial charge in [-0.15, -0.1) is 0 Å². The number of aryl methyl sites for hydroxylation is 2. The van der Waals surface area contributed by atoms with Crippen molar-refractivity contribution in [1.29, 1.82) is 0 Å². The molecule has 5 heteroatoms. The maximum atomic E-state index is 12.5. The number of amides is 1. The number of rotatable bonds is 5. The molecule has 0 unspecified atom stereocenters. The molecule has 2 aromatic rings. The fourth-order valence-electron chi connectivity index (χ4n) is 2.67. The standard InChI is InChI=1S/C19H21NO4/c1-13-8-14(2)10-16(9-13)22-7-6-20(3)19(21)15-4-5-17-18(11-15)24-12-23-17/h4-5,8-11H,6-7,12H2,1-3H3. The minimum absolute atomic E-state index is 0.0719. The van der Waals surface area contributed by atoms with Gasteiger partial charge in [-0.05, 0) is 55.3 Å². The van der Waals surface area contributed by atoms with E-state index in [4.69, 9.17) is 14.2 Å². The molecule has 1 heterocycles. The summed E-state index contributed by atoms with van der Waals surface area (Å²) in [6.07, 6.45) is 0. The Morgan fingerprint density at radius 1 is 1.08 bits per heavy atom. The smallest absolute Gasteiger partial charge is 0.253 e. The summed E-state index contributed by atoms with van der Waals surface area (Å²) in [5, 5.41) is 0. The van der Waals surface area contributed by atoms with Gasteiger partial charge in [-0.2, -0.15) is 0 Å². The van der Waals surface area contributed by atoms with Crippen molar-refractivity contribution in [2.45, 2.75) is 13.8 Å². The van der Waals surface area contributed by atoms with Crippen molar-refractivity contribution in [3.8, 4) is 17.2 Å². The first-order valence-corrected chi connectivity index (χ1v) is 7.89. The lowest BCUT2D eigenvalue weighted by Gasteiger charge is -2.18. The second kappa shape index (κ2) is 6.83. The summed E-state index contributed by atoms with van der Waals surface area (Å²) < 4.78 is 16.3. The first-order chi connectivity index (χ1) is 11.5. The first kappa shape index (κ1) is 16.2. The van der Waals surface area contributed by atoms with Crippen LogP contribution in [0, 0.1) is 13.8 Å². The van der Waals surface area contributed by atoms with Gasteiger partial charge in [0, 0.05) is 12.6 Å². The first-order valence-electron chi connectivity index (χ1n) is 7.89. The maximum Gasteiger partial charge on any atom is 0.253 e. The molecule has 0 bridgehead atoms. The Labute approximate surface area is 141 Å². The monoisotopic (exact) mass is 327 g/mol. The van der Waals surface area contributed by atoms with Crippen LogP contribution in [-0.4, -0.2) is 37.8 Å². The van der Waals surface area contributed by atoms with Crippen LogP contribution in [0.2, 0.25) is 0 Å². The van der Waals surface area contributed by atoms with Gasteiger partial charge in [-0.3, -0.25) is 4.79 Å². The summed E-state index contributed by atoms with van der Waals surface area (Å²) in [5.41, 5.74) is 2.90. The molecule has 2 aromatic carbocycles. The van der Waals surface area contributed by atoms with E-state index in [1.54, 1.807) is 30.1 Å². The number of likely N-dealkylation sites (N-methyl/N-ethyl adjacent to an activating group) is 1. The molecule has 5 nitrogen and oxygen atoms in total. The highest BCUT2D eigenvalue weighted by Crippen LogP contribution is 2.32. The van der Waals surface area contributed by atoms with E-state index in [1.165, 1.54) is 0 Å². The van der Waals surface area contributed by atoms with Crippen LogP contribution >= 0.6 is 0 Å². The van der Waals surface area contributed by atoms with E-state index in [9.17, 15) is 4.79 Å². The van der Waals surface area contributed by atoms with Crippen LogP contribution < -0.4 is 14.2 Å². The number of hydrogen-bond acceptors (Lipinski definition) is 4. The second-order valence-corrected chi connectivity index (χ2v) is 5.97. The molecule has 0 atom stereocenters. The van der Waals surface area contributed by atoms with Crippen LogP contribution in [0.4, 0.5) is 0 Å². The zero-order chi connectivity index (χ0) is 17.1. The van der Waals surface area contributed by atoms with Crippen LogP contribution in [0.5, 0.6) is 17.2 Å². The summed E-state index contributed by atoms with van der Waals surface area (Å²) in [6.45, 7) is 5.22. The molecule has 0 saturated heterocycles. The highest BCUT2D eigenvalue weighted by atomic mass is 16.7. The Kier molecular flexibility index (Phi) is 4.60. The van der Waals surface area contributed by atoms with Crippen LogP contribution in [0.25, 0.3) is 0 Å². The molecule has 1 amide bonds. The third kappa shape index (κ3) is 3.62. The lowest BCUT2D eigenvalue weighted by Crippen LogP contribution is -2.30. The minimum Gasteiger partial charge on any atom is -0.492 e. The predicted octanol–water partition coefficient (Wildman–Crippen LogP) is 3.18. The fourth-order valence-corrected chi connectivity index (χ4v) is 2.67. The van der Waals surface area contributed by atoms with Crippen molar-refractivity contribution < 1.29 is 19.0 Å². The van der Waals surface area contributed by atoms with E-state index in [-0.39, 0.29) is 12.7 Å². The van der Waals surface area contributed by atoms with E-state index in [1.807, 2.05) is 26.0 Å². The molecule has 0 aliphatic carbocycles. The lowest BCUT2D eigenvalue weighted by molar-refractivity contribution is 0.0773. The Morgan fingerprint density at radius 2 is 1.79 bits per heavy atom. The fraction of sp³-hybridized carbons (Fsp3) is 0.316. The zero-order valence-corrected chi connectivity index (χ0v) is 14.2. The third-order valence-corrected chi connectivity index (χ3v) is 3.86. The average Bonchev–Trinajstić information content (AvgIpc) is 3.00. The SMILES string of the molecule is Cc1cc(C)cc(OCCN(C)C(=O)c2ccc3c(c2)OCO3)c1. The molecular formula is C19H21NO4. The van der Waals surface area contributed by atoms with Crippen LogP contribution in [0.15, 0.2) is 36.4 Å². The topological polar surface area (TPSA) is 48.0 Å². The van der Waals surface area contributed by atoms with E-state index in [0.29, 0.717) is 30.2 Å². The molecule has 0 aromatic heterocycles. The molecule has 0 radical (unpaired) electrons. The highest BCUT2D eigenvalue weighted by molar-refractivity contribution is 5.94. The Hall–Kier alpha value is -2.69. The number of hydrogen-bond donors (Lipinski definition) is 0. The normalized spacial score (nSPS) is 12.1. The quantitative estimate of drug-likeness (QED) is 0.846. The molecule has 3 rings (SSSR count). The van der Waals surface area contributed by atoms with E-state index >= 15 is 0 Å². The number of carbonyl (C=O) groups excluding carboxylic acids is 1. The van der Waals surface area contributed by atoms with Crippen molar-refractivity contribution in [2.24, 2.45) is 0 Å². The Bertz CT molecular complexity index is 737. The molecule has 0 saturated carbocycles. The lowest BCUT2D eigenvalue weighted by atomic mass is 10.1. The second-order valence-electron chi connectivity index (χ2n) is 5.97. The molecule has 1 aliphatic rings. The zero-order valence-electron chi connectivity index (χ0n) is 14.2. The largest absolute Gasteiger partial charge is 0.492 e. The van der Waals surface area contributed by atoms with Crippen molar-refractivity contribution in [2.75, 3.05) is 27.0 Å². The number of nitrogens with zero attached hydrogens (tertiary/aromatic N) is 1. The summed E-state index contributed by atoms with van der Waals surface area (Å²) in [6, 6.07) is 11.3. The van der Waals surface area contributed by atoms with Crippen molar-refractivity contribution >= 4 is 5.91 Å². The van der Waals surface area contributed by atoms with Gasteiger partial charge in [0.2, 0.25) is 6.79 Å². The van der Waals surface area contributed by atoms with Gasteiger partial charge >= 0.3 is 0 Å². The summed E-state index contributed by atoms with van der Waals surface area (Å²) in [4.78, 5) is 14.1. The average molecular weight is 327 g/mol. The Balaban J connectivity index is 1.56. The van der Waals surface area contributed by atoms with Crippen molar-refractivity contribution in [3.05, 3.63) is 53.1 Å². The van der Waals surface area contributed by atoms with Crippen LogP contribution in [0.1, 0.15) is 21.5 Å². The summed E-state index contributed by atoms with van der Waals surface area (Å²) in [7, 11) is 1.76. The van der Waals surface area contributed by atoms with Crippen LogP contribution in [-0.2, 0) is 0 Å². The molecule has 126 valence electrons. The third-order valence-electron chi connectivity index (χ3n) is 3.86. The van der Waals surface area contributed by atoms with Gasteiger partial charge in [0.25, 0.3) is 5.91 Å². The molecule has 0 N–H and O–H groups in total. The molecule has 0 spiro atoms. The maximum absolute atomic E-state index is 12.5. The van der Waals surface area contributed by atoms with Gasteiger partial charge in [-0.1, -0.05) is 6.07 Å². The van der Waals surface area contributed by atoms with Gasteiger partial charge in [0.1, 0.15) is 12.4 Å². The predicted molar refractivity (Wildman–Crippen MR) is 90.9 cm³/mol.